The molecule has 0 aromatic heterocycles. The first-order chi connectivity index (χ1) is 7.31. The van der Waals surface area contributed by atoms with Gasteiger partial charge in [-0.25, -0.2) is 4.39 Å². The molecule has 15 heavy (non-hydrogen) atoms. The van der Waals surface area contributed by atoms with Crippen molar-refractivity contribution < 1.29 is 4.39 Å². The highest BCUT2D eigenvalue weighted by Crippen LogP contribution is 2.21. The van der Waals surface area contributed by atoms with E-state index in [1.54, 1.807) is 12.1 Å². The SMILES string of the molecule is N#Cc1cc(C2=CCNCC2)ccc1F. The molecule has 0 unspecified atom stereocenters. The monoisotopic (exact) mass is 202 g/mol. The van der Waals surface area contributed by atoms with Crippen molar-refractivity contribution in [2.24, 2.45) is 0 Å². The van der Waals surface area contributed by atoms with Crippen LogP contribution in [0.15, 0.2) is 24.3 Å². The van der Waals surface area contributed by atoms with E-state index in [0.717, 1.165) is 25.1 Å². The van der Waals surface area contributed by atoms with Gasteiger partial charge in [-0.1, -0.05) is 12.1 Å². The van der Waals surface area contributed by atoms with Crippen molar-refractivity contribution in [2.45, 2.75) is 6.42 Å². The first kappa shape index (κ1) is 9.88. The minimum Gasteiger partial charge on any atom is -0.313 e. The molecule has 0 atom stereocenters. The fourth-order valence-electron chi connectivity index (χ4n) is 1.70. The molecule has 0 aliphatic carbocycles. The average molecular weight is 202 g/mol. The van der Waals surface area contributed by atoms with Crippen molar-refractivity contribution in [3.05, 3.63) is 41.2 Å². The number of rotatable bonds is 1. The molecule has 1 aliphatic heterocycles. The van der Waals surface area contributed by atoms with Gasteiger partial charge in [-0.2, -0.15) is 5.26 Å². The third kappa shape index (κ3) is 2.05. The molecule has 1 aromatic carbocycles. The molecule has 0 saturated carbocycles. The van der Waals surface area contributed by atoms with Gasteiger partial charge in [0.1, 0.15) is 11.9 Å². The molecule has 2 nitrogen and oxygen atoms in total. The largest absolute Gasteiger partial charge is 0.313 e. The van der Waals surface area contributed by atoms with Crippen LogP contribution in [0.3, 0.4) is 0 Å². The van der Waals surface area contributed by atoms with Crippen LogP contribution in [0.1, 0.15) is 17.5 Å². The summed E-state index contributed by atoms with van der Waals surface area (Å²) in [4.78, 5) is 0. The van der Waals surface area contributed by atoms with Crippen molar-refractivity contribution in [1.82, 2.24) is 5.32 Å². The van der Waals surface area contributed by atoms with Gasteiger partial charge in [-0.05, 0) is 36.2 Å². The van der Waals surface area contributed by atoms with E-state index in [4.69, 9.17) is 5.26 Å². The van der Waals surface area contributed by atoms with Gasteiger partial charge in [0.2, 0.25) is 0 Å². The third-order valence-electron chi connectivity index (χ3n) is 2.52. The standard InChI is InChI=1S/C12H11FN2/c13-12-2-1-10(7-11(12)8-14)9-3-5-15-6-4-9/h1-3,7,15H,4-6H2. The predicted octanol–water partition coefficient (Wildman–Crippen LogP) is 2.07. The van der Waals surface area contributed by atoms with Crippen molar-refractivity contribution in [3.63, 3.8) is 0 Å². The quantitative estimate of drug-likeness (QED) is 0.756. The molecule has 0 saturated heterocycles. The number of nitrogens with zero attached hydrogens (tertiary/aromatic N) is 1. The molecule has 0 amide bonds. The van der Waals surface area contributed by atoms with Gasteiger partial charge in [-0.15, -0.1) is 0 Å². The maximum absolute atomic E-state index is 13.1. The average Bonchev–Trinajstić information content (AvgIpc) is 2.31. The minimum absolute atomic E-state index is 0.118. The lowest BCUT2D eigenvalue weighted by molar-refractivity contribution is 0.623. The Morgan fingerprint density at radius 3 is 2.93 bits per heavy atom. The van der Waals surface area contributed by atoms with Gasteiger partial charge >= 0.3 is 0 Å². The van der Waals surface area contributed by atoms with Crippen LogP contribution in [0.2, 0.25) is 0 Å². The fourth-order valence-corrected chi connectivity index (χ4v) is 1.70. The van der Waals surface area contributed by atoms with Crippen molar-refractivity contribution in [3.8, 4) is 6.07 Å². The normalized spacial score (nSPS) is 15.6. The Morgan fingerprint density at radius 2 is 2.27 bits per heavy atom. The predicted molar refractivity (Wildman–Crippen MR) is 56.6 cm³/mol. The van der Waals surface area contributed by atoms with E-state index < -0.39 is 5.82 Å². The number of hydrogen-bond acceptors (Lipinski definition) is 2. The summed E-state index contributed by atoms with van der Waals surface area (Å²) in [5.74, 6) is -0.448. The number of hydrogen-bond donors (Lipinski definition) is 1. The van der Waals surface area contributed by atoms with Crippen molar-refractivity contribution in [1.29, 1.82) is 5.26 Å². The van der Waals surface area contributed by atoms with Gasteiger partial charge < -0.3 is 5.32 Å². The molecule has 0 spiro atoms. The number of benzene rings is 1. The lowest BCUT2D eigenvalue weighted by Crippen LogP contribution is -2.20. The minimum atomic E-state index is -0.448. The highest BCUT2D eigenvalue weighted by atomic mass is 19.1. The zero-order valence-corrected chi connectivity index (χ0v) is 8.26. The maximum atomic E-state index is 13.1. The van der Waals surface area contributed by atoms with Crippen LogP contribution >= 0.6 is 0 Å². The summed E-state index contributed by atoms with van der Waals surface area (Å²) in [6.07, 6.45) is 3.01. The van der Waals surface area contributed by atoms with Gasteiger partial charge in [-0.3, -0.25) is 0 Å². The molecule has 0 radical (unpaired) electrons. The summed E-state index contributed by atoms with van der Waals surface area (Å²) in [6, 6.07) is 6.56. The van der Waals surface area contributed by atoms with E-state index in [2.05, 4.69) is 11.4 Å². The Labute approximate surface area is 88.0 Å². The van der Waals surface area contributed by atoms with Crippen LogP contribution < -0.4 is 5.32 Å². The lowest BCUT2D eigenvalue weighted by atomic mass is 9.98. The molecule has 76 valence electrons. The molecule has 0 fully saturated rings. The summed E-state index contributed by atoms with van der Waals surface area (Å²) in [7, 11) is 0. The highest BCUT2D eigenvalue weighted by Gasteiger charge is 2.08. The van der Waals surface area contributed by atoms with Crippen LogP contribution in [-0.4, -0.2) is 13.1 Å². The van der Waals surface area contributed by atoms with Gasteiger partial charge in [0, 0.05) is 6.54 Å². The smallest absolute Gasteiger partial charge is 0.140 e. The molecule has 1 aromatic rings. The Morgan fingerprint density at radius 1 is 1.40 bits per heavy atom. The second-order valence-electron chi connectivity index (χ2n) is 3.49. The zero-order valence-electron chi connectivity index (χ0n) is 8.26. The molecule has 1 N–H and O–H groups in total. The number of halogens is 1. The van der Waals surface area contributed by atoms with Crippen LogP contribution in [0.25, 0.3) is 5.57 Å². The Kier molecular flexibility index (Phi) is 2.79. The van der Waals surface area contributed by atoms with Crippen LogP contribution in [0.4, 0.5) is 4.39 Å². The number of nitrogens with one attached hydrogen (secondary N) is 1. The van der Waals surface area contributed by atoms with E-state index >= 15 is 0 Å². The molecular weight excluding hydrogens is 191 g/mol. The van der Waals surface area contributed by atoms with Crippen molar-refractivity contribution >= 4 is 5.57 Å². The van der Waals surface area contributed by atoms with Gasteiger partial charge in [0.25, 0.3) is 0 Å². The molecule has 1 heterocycles. The van der Waals surface area contributed by atoms with Gasteiger partial charge in [0.15, 0.2) is 0 Å². The molecule has 2 rings (SSSR count). The second kappa shape index (κ2) is 4.24. The summed E-state index contributed by atoms with van der Waals surface area (Å²) in [6.45, 7) is 1.78. The summed E-state index contributed by atoms with van der Waals surface area (Å²) in [5, 5.41) is 11.9. The first-order valence-electron chi connectivity index (χ1n) is 4.91. The Balaban J connectivity index is 2.37. The summed E-state index contributed by atoms with van der Waals surface area (Å²) >= 11 is 0. The van der Waals surface area contributed by atoms with Crippen LogP contribution in [0, 0.1) is 17.1 Å². The molecule has 0 bridgehead atoms. The van der Waals surface area contributed by atoms with Crippen LogP contribution in [0.5, 0.6) is 0 Å². The van der Waals surface area contributed by atoms with E-state index in [0.29, 0.717) is 0 Å². The van der Waals surface area contributed by atoms with E-state index in [-0.39, 0.29) is 5.56 Å². The summed E-state index contributed by atoms with van der Waals surface area (Å²) < 4.78 is 13.1. The third-order valence-corrected chi connectivity index (χ3v) is 2.52. The summed E-state index contributed by atoms with van der Waals surface area (Å²) in [5.41, 5.74) is 2.26. The fraction of sp³-hybridized carbons (Fsp3) is 0.250. The van der Waals surface area contributed by atoms with E-state index in [1.165, 1.54) is 11.6 Å². The number of nitriles is 1. The topological polar surface area (TPSA) is 35.8 Å². The lowest BCUT2D eigenvalue weighted by Gasteiger charge is -2.14. The van der Waals surface area contributed by atoms with Crippen molar-refractivity contribution in [2.75, 3.05) is 13.1 Å². The van der Waals surface area contributed by atoms with Crippen LogP contribution in [-0.2, 0) is 0 Å². The first-order valence-corrected chi connectivity index (χ1v) is 4.91. The van der Waals surface area contributed by atoms with E-state index in [9.17, 15) is 4.39 Å². The second-order valence-corrected chi connectivity index (χ2v) is 3.49. The van der Waals surface area contributed by atoms with E-state index in [1.807, 2.05) is 6.07 Å². The maximum Gasteiger partial charge on any atom is 0.140 e. The molecule has 1 aliphatic rings. The molecular formula is C12H11FN2. The highest BCUT2D eigenvalue weighted by molar-refractivity contribution is 5.67. The molecule has 3 heteroatoms. The Hall–Kier alpha value is -1.66. The van der Waals surface area contributed by atoms with Gasteiger partial charge in [0.05, 0.1) is 5.56 Å². The Bertz CT molecular complexity index is 443. The zero-order chi connectivity index (χ0) is 10.7.